The molecular weight excluding hydrogens is 256 g/mol. The third-order valence-electron chi connectivity index (χ3n) is 2.48. The van der Waals surface area contributed by atoms with Crippen molar-refractivity contribution in [2.45, 2.75) is 12.6 Å². The molecular formula is C10H18N4O5. The molecule has 1 aromatic heterocycles. The van der Waals surface area contributed by atoms with Crippen LogP contribution in [0.4, 0.5) is 11.5 Å². The fourth-order valence-electron chi connectivity index (χ4n) is 1.45. The third-order valence-corrected chi connectivity index (χ3v) is 2.48. The van der Waals surface area contributed by atoms with Gasteiger partial charge in [0, 0.05) is 13.7 Å². The number of ether oxygens (including phenoxy) is 1. The van der Waals surface area contributed by atoms with Crippen LogP contribution in [0.15, 0.2) is 9.59 Å². The number of hydrogen-bond acceptors (Lipinski definition) is 7. The number of nitrogens with two attached hydrogens (primary N) is 1. The van der Waals surface area contributed by atoms with Gasteiger partial charge >= 0.3 is 5.69 Å². The maximum Gasteiger partial charge on any atom is 0.330 e. The molecule has 6 N–H and O–H groups in total. The van der Waals surface area contributed by atoms with Gasteiger partial charge in [0.1, 0.15) is 11.5 Å². The van der Waals surface area contributed by atoms with Crippen LogP contribution in [0, 0.1) is 0 Å². The smallest absolute Gasteiger partial charge is 0.330 e. The van der Waals surface area contributed by atoms with Gasteiger partial charge < -0.3 is 26.0 Å². The number of nitrogens with zero attached hydrogens (tertiary/aromatic N) is 1. The molecule has 1 heterocycles. The van der Waals surface area contributed by atoms with Crippen molar-refractivity contribution >= 4 is 11.5 Å². The molecule has 0 aromatic carbocycles. The second-order valence-electron chi connectivity index (χ2n) is 3.88. The van der Waals surface area contributed by atoms with Gasteiger partial charge in [-0.25, -0.2) is 4.79 Å². The Morgan fingerprint density at radius 3 is 2.79 bits per heavy atom. The van der Waals surface area contributed by atoms with Crippen molar-refractivity contribution in [1.82, 2.24) is 9.55 Å². The maximum atomic E-state index is 11.6. The van der Waals surface area contributed by atoms with E-state index in [1.165, 1.54) is 7.11 Å². The molecule has 1 rings (SSSR count). The van der Waals surface area contributed by atoms with E-state index in [9.17, 15) is 14.7 Å². The van der Waals surface area contributed by atoms with Crippen LogP contribution in [0.1, 0.15) is 0 Å². The zero-order chi connectivity index (χ0) is 14.4. The Morgan fingerprint density at radius 1 is 1.53 bits per heavy atom. The van der Waals surface area contributed by atoms with Crippen LogP contribution in [0.25, 0.3) is 0 Å². The van der Waals surface area contributed by atoms with Gasteiger partial charge in [-0.05, 0) is 0 Å². The lowest BCUT2D eigenvalue weighted by atomic mass is 10.3. The minimum absolute atomic E-state index is 0.0248. The van der Waals surface area contributed by atoms with Crippen molar-refractivity contribution in [3.63, 3.8) is 0 Å². The number of aromatic amines is 1. The summed E-state index contributed by atoms with van der Waals surface area (Å²) >= 11 is 0. The van der Waals surface area contributed by atoms with E-state index in [2.05, 4.69) is 10.3 Å². The predicted molar refractivity (Wildman–Crippen MR) is 69.2 cm³/mol. The number of H-pyrrole nitrogens is 1. The first kappa shape index (κ1) is 15.2. The summed E-state index contributed by atoms with van der Waals surface area (Å²) in [5.41, 5.74) is 4.40. The van der Waals surface area contributed by atoms with Crippen molar-refractivity contribution < 1.29 is 14.9 Å². The topological polar surface area (TPSA) is 143 Å². The molecule has 0 amide bonds. The predicted octanol–water partition coefficient (Wildman–Crippen LogP) is -2.47. The van der Waals surface area contributed by atoms with Crippen molar-refractivity contribution in [3.8, 4) is 0 Å². The molecule has 19 heavy (non-hydrogen) atoms. The molecule has 0 aliphatic heterocycles. The lowest BCUT2D eigenvalue weighted by Gasteiger charge is -2.14. The number of hydrogen-bond donors (Lipinski definition) is 5. The number of nitrogen functional groups attached to an aromatic ring is 1. The molecule has 0 bridgehead atoms. The van der Waals surface area contributed by atoms with Crippen LogP contribution >= 0.6 is 0 Å². The normalized spacial score (nSPS) is 12.4. The third kappa shape index (κ3) is 3.81. The monoisotopic (exact) mass is 274 g/mol. The fourth-order valence-corrected chi connectivity index (χ4v) is 1.45. The number of aliphatic hydroxyl groups is 2. The minimum Gasteiger partial charge on any atom is -0.394 e. The van der Waals surface area contributed by atoms with Crippen molar-refractivity contribution in [2.24, 2.45) is 0 Å². The first-order chi connectivity index (χ1) is 9.01. The second-order valence-corrected chi connectivity index (χ2v) is 3.88. The first-order valence-corrected chi connectivity index (χ1v) is 5.65. The summed E-state index contributed by atoms with van der Waals surface area (Å²) in [7, 11) is 1.48. The van der Waals surface area contributed by atoms with Crippen LogP contribution < -0.4 is 22.3 Å². The molecule has 0 spiro atoms. The van der Waals surface area contributed by atoms with E-state index in [-0.39, 0.29) is 31.2 Å². The summed E-state index contributed by atoms with van der Waals surface area (Å²) in [6.45, 7) is -0.0651. The van der Waals surface area contributed by atoms with Gasteiger partial charge in [0.2, 0.25) is 0 Å². The summed E-state index contributed by atoms with van der Waals surface area (Å²) in [5, 5.41) is 20.5. The van der Waals surface area contributed by atoms with E-state index >= 15 is 0 Å². The van der Waals surface area contributed by atoms with E-state index < -0.39 is 24.0 Å². The summed E-state index contributed by atoms with van der Waals surface area (Å²) in [6.07, 6.45) is -1.03. The molecule has 9 heteroatoms. The molecule has 0 aliphatic rings. The Labute approximate surface area is 108 Å². The van der Waals surface area contributed by atoms with Crippen LogP contribution in [0.5, 0.6) is 0 Å². The SMILES string of the molecule is COCCn1c(N)c(NCC(O)CO)c(=O)[nH]c1=O. The molecule has 0 radical (unpaired) electrons. The molecule has 108 valence electrons. The van der Waals surface area contributed by atoms with Crippen LogP contribution in [-0.2, 0) is 11.3 Å². The van der Waals surface area contributed by atoms with E-state index in [1.54, 1.807) is 0 Å². The first-order valence-electron chi connectivity index (χ1n) is 5.65. The highest BCUT2D eigenvalue weighted by Crippen LogP contribution is 2.09. The van der Waals surface area contributed by atoms with Gasteiger partial charge in [0.15, 0.2) is 0 Å². The number of nitrogens with one attached hydrogen (secondary N) is 2. The van der Waals surface area contributed by atoms with E-state index in [1.807, 2.05) is 0 Å². The lowest BCUT2D eigenvalue weighted by molar-refractivity contribution is 0.105. The van der Waals surface area contributed by atoms with Crippen LogP contribution in [0.2, 0.25) is 0 Å². The Hall–Kier alpha value is -1.84. The largest absolute Gasteiger partial charge is 0.394 e. The van der Waals surface area contributed by atoms with Gasteiger partial charge in [-0.15, -0.1) is 0 Å². The summed E-state index contributed by atoms with van der Waals surface area (Å²) in [4.78, 5) is 25.3. The highest BCUT2D eigenvalue weighted by molar-refractivity contribution is 5.60. The molecule has 1 unspecified atom stereocenters. The fraction of sp³-hybridized carbons (Fsp3) is 0.600. The standard InChI is InChI=1S/C10H18N4O5/c1-19-3-2-14-8(11)7(9(17)13-10(14)18)12-4-6(16)5-15/h6,12,15-16H,2-5,11H2,1H3,(H,13,17,18). The van der Waals surface area contributed by atoms with Gasteiger partial charge in [-0.1, -0.05) is 0 Å². The maximum absolute atomic E-state index is 11.6. The highest BCUT2D eigenvalue weighted by Gasteiger charge is 2.13. The summed E-state index contributed by atoms with van der Waals surface area (Å²) < 4.78 is 5.99. The number of anilines is 2. The Kier molecular flexibility index (Phi) is 5.55. The highest BCUT2D eigenvalue weighted by atomic mass is 16.5. The quantitative estimate of drug-likeness (QED) is 0.371. The zero-order valence-electron chi connectivity index (χ0n) is 10.5. The number of rotatable bonds is 7. The second kappa shape index (κ2) is 6.92. The zero-order valence-corrected chi connectivity index (χ0v) is 10.5. The molecule has 0 fully saturated rings. The van der Waals surface area contributed by atoms with Crippen LogP contribution in [-0.4, -0.2) is 52.7 Å². The van der Waals surface area contributed by atoms with E-state index in [4.69, 9.17) is 15.6 Å². The van der Waals surface area contributed by atoms with Crippen LogP contribution in [0.3, 0.4) is 0 Å². The van der Waals surface area contributed by atoms with Crippen molar-refractivity contribution in [3.05, 3.63) is 20.8 Å². The number of aliphatic hydroxyl groups excluding tert-OH is 2. The Bertz CT molecular complexity index is 524. The summed E-state index contributed by atoms with van der Waals surface area (Å²) in [5.74, 6) is -0.0454. The molecule has 0 saturated heterocycles. The average molecular weight is 274 g/mol. The van der Waals surface area contributed by atoms with Gasteiger partial charge in [-0.2, -0.15) is 0 Å². The van der Waals surface area contributed by atoms with Crippen molar-refractivity contribution in [1.29, 1.82) is 0 Å². The number of aromatic nitrogens is 2. The van der Waals surface area contributed by atoms with Gasteiger partial charge in [-0.3, -0.25) is 14.3 Å². The molecule has 0 aliphatic carbocycles. The number of methoxy groups -OCH3 is 1. The summed E-state index contributed by atoms with van der Waals surface area (Å²) in [6, 6.07) is 0. The Morgan fingerprint density at radius 2 is 2.21 bits per heavy atom. The van der Waals surface area contributed by atoms with Gasteiger partial charge in [0.05, 0.1) is 25.9 Å². The van der Waals surface area contributed by atoms with E-state index in [0.717, 1.165) is 4.57 Å². The lowest BCUT2D eigenvalue weighted by Crippen LogP contribution is -2.36. The average Bonchev–Trinajstić information content (AvgIpc) is 2.37. The minimum atomic E-state index is -1.03. The molecule has 1 atom stereocenters. The van der Waals surface area contributed by atoms with Gasteiger partial charge in [0.25, 0.3) is 5.56 Å². The van der Waals surface area contributed by atoms with E-state index in [0.29, 0.717) is 0 Å². The van der Waals surface area contributed by atoms with Crippen molar-refractivity contribution in [2.75, 3.05) is 37.9 Å². The molecule has 9 nitrogen and oxygen atoms in total. The molecule has 0 saturated carbocycles. The molecule has 1 aromatic rings. The Balaban J connectivity index is 3.03.